The van der Waals surface area contributed by atoms with Gasteiger partial charge in [-0.05, 0) is 37.1 Å². The molecule has 0 aromatic heterocycles. The van der Waals surface area contributed by atoms with Crippen molar-refractivity contribution in [2.24, 2.45) is 0 Å². The summed E-state index contributed by atoms with van der Waals surface area (Å²) in [4.78, 5) is 12.7. The predicted molar refractivity (Wildman–Crippen MR) is 83.3 cm³/mol. The van der Waals surface area contributed by atoms with Crippen LogP contribution in [0, 0.1) is 13.8 Å². The molecule has 0 atom stereocenters. The molecule has 104 valence electrons. The molecule has 0 radical (unpaired) electrons. The lowest BCUT2D eigenvalue weighted by Gasteiger charge is -2.09. The molecule has 0 aliphatic heterocycles. The van der Waals surface area contributed by atoms with Gasteiger partial charge in [0.05, 0.1) is 12.7 Å². The molecule has 0 heterocycles. The Balaban J connectivity index is 2.17. The van der Waals surface area contributed by atoms with Crippen molar-refractivity contribution in [3.63, 3.8) is 0 Å². The van der Waals surface area contributed by atoms with E-state index in [1.807, 2.05) is 18.2 Å². The lowest BCUT2D eigenvalue weighted by Crippen LogP contribution is -2.02. The van der Waals surface area contributed by atoms with Crippen LogP contribution in [-0.2, 0) is 10.5 Å². The first-order valence-corrected chi connectivity index (χ1v) is 7.46. The third-order valence-electron chi connectivity index (χ3n) is 3.17. The largest absolute Gasteiger partial charge is 0.465 e. The van der Waals surface area contributed by atoms with Gasteiger partial charge in [0, 0.05) is 10.6 Å². The van der Waals surface area contributed by atoms with Crippen molar-refractivity contribution in [2.45, 2.75) is 24.5 Å². The fraction of sp³-hybridized carbons (Fsp3) is 0.235. The van der Waals surface area contributed by atoms with Gasteiger partial charge in [0.2, 0.25) is 0 Å². The van der Waals surface area contributed by atoms with Crippen LogP contribution in [0.3, 0.4) is 0 Å². The van der Waals surface area contributed by atoms with Crippen LogP contribution in [0.15, 0.2) is 47.4 Å². The fourth-order valence-corrected chi connectivity index (χ4v) is 3.15. The normalized spacial score (nSPS) is 10.3. The van der Waals surface area contributed by atoms with Crippen molar-refractivity contribution in [1.29, 1.82) is 0 Å². The number of benzene rings is 2. The average Bonchev–Trinajstić information content (AvgIpc) is 2.46. The monoisotopic (exact) mass is 286 g/mol. The molecule has 0 aliphatic rings. The summed E-state index contributed by atoms with van der Waals surface area (Å²) in [5, 5.41) is 0. The average molecular weight is 286 g/mol. The minimum absolute atomic E-state index is 0.284. The Morgan fingerprint density at radius 1 is 1.15 bits per heavy atom. The smallest absolute Gasteiger partial charge is 0.338 e. The van der Waals surface area contributed by atoms with Gasteiger partial charge in [-0.2, -0.15) is 0 Å². The Kier molecular flexibility index (Phi) is 4.85. The molecule has 0 N–H and O–H groups in total. The van der Waals surface area contributed by atoms with E-state index >= 15 is 0 Å². The second kappa shape index (κ2) is 6.62. The Bertz CT molecular complexity index is 620. The second-order valence-corrected chi connectivity index (χ2v) is 5.72. The maximum atomic E-state index is 11.7. The third-order valence-corrected chi connectivity index (χ3v) is 4.30. The standard InChI is InChI=1S/C17H18O2S/c1-12-8-9-14(13(2)10-12)11-20-16-7-5-4-6-15(16)17(18)19-3/h4-10H,11H2,1-3H3. The quantitative estimate of drug-likeness (QED) is 0.616. The third kappa shape index (κ3) is 3.42. The van der Waals surface area contributed by atoms with E-state index in [1.54, 1.807) is 17.8 Å². The van der Waals surface area contributed by atoms with E-state index in [0.717, 1.165) is 10.6 Å². The summed E-state index contributed by atoms with van der Waals surface area (Å²) in [7, 11) is 1.41. The highest BCUT2D eigenvalue weighted by Crippen LogP contribution is 2.28. The molecule has 0 amide bonds. The van der Waals surface area contributed by atoms with E-state index in [0.29, 0.717) is 5.56 Å². The Labute approximate surface area is 124 Å². The number of carbonyl (C=O) groups is 1. The zero-order chi connectivity index (χ0) is 14.5. The molecule has 2 rings (SSSR count). The number of thioether (sulfide) groups is 1. The summed E-state index contributed by atoms with van der Waals surface area (Å²) in [5.41, 5.74) is 4.48. The van der Waals surface area contributed by atoms with Crippen LogP contribution >= 0.6 is 11.8 Å². The predicted octanol–water partition coefficient (Wildman–Crippen LogP) is 4.38. The van der Waals surface area contributed by atoms with E-state index in [2.05, 4.69) is 32.0 Å². The number of aryl methyl sites for hydroxylation is 2. The molecule has 2 aromatic rings. The lowest BCUT2D eigenvalue weighted by molar-refractivity contribution is 0.0597. The first-order chi connectivity index (χ1) is 9.61. The zero-order valence-corrected chi connectivity index (χ0v) is 12.8. The summed E-state index contributed by atoms with van der Waals surface area (Å²) in [6.45, 7) is 4.21. The van der Waals surface area contributed by atoms with Gasteiger partial charge in [-0.25, -0.2) is 4.79 Å². The van der Waals surface area contributed by atoms with Gasteiger partial charge in [0.1, 0.15) is 0 Å². The zero-order valence-electron chi connectivity index (χ0n) is 12.0. The number of hydrogen-bond acceptors (Lipinski definition) is 3. The van der Waals surface area contributed by atoms with Crippen molar-refractivity contribution in [2.75, 3.05) is 7.11 Å². The summed E-state index contributed by atoms with van der Waals surface area (Å²) in [6.07, 6.45) is 0. The highest BCUT2D eigenvalue weighted by molar-refractivity contribution is 7.98. The summed E-state index contributed by atoms with van der Waals surface area (Å²) < 4.78 is 4.82. The van der Waals surface area contributed by atoms with Gasteiger partial charge >= 0.3 is 5.97 Å². The van der Waals surface area contributed by atoms with Crippen LogP contribution in [0.5, 0.6) is 0 Å². The molecule has 0 aliphatic carbocycles. The van der Waals surface area contributed by atoms with E-state index in [9.17, 15) is 4.79 Å². The van der Waals surface area contributed by atoms with Gasteiger partial charge in [-0.1, -0.05) is 35.9 Å². The highest BCUT2D eigenvalue weighted by Gasteiger charge is 2.11. The van der Waals surface area contributed by atoms with Crippen LogP contribution in [0.2, 0.25) is 0 Å². The van der Waals surface area contributed by atoms with Crippen LogP contribution in [0.25, 0.3) is 0 Å². The first-order valence-electron chi connectivity index (χ1n) is 6.48. The maximum Gasteiger partial charge on any atom is 0.338 e. The Morgan fingerprint density at radius 3 is 2.60 bits per heavy atom. The lowest BCUT2D eigenvalue weighted by atomic mass is 10.1. The molecule has 0 saturated heterocycles. The van der Waals surface area contributed by atoms with Crippen LogP contribution < -0.4 is 0 Å². The molecule has 3 heteroatoms. The SMILES string of the molecule is COC(=O)c1ccccc1SCc1ccc(C)cc1C. The Hall–Kier alpha value is -1.74. The summed E-state index contributed by atoms with van der Waals surface area (Å²) >= 11 is 1.66. The molecule has 20 heavy (non-hydrogen) atoms. The number of ether oxygens (including phenoxy) is 1. The molecule has 0 fully saturated rings. The Morgan fingerprint density at radius 2 is 1.90 bits per heavy atom. The van der Waals surface area contributed by atoms with Gasteiger partial charge in [0.15, 0.2) is 0 Å². The number of esters is 1. The summed E-state index contributed by atoms with van der Waals surface area (Å²) in [6, 6.07) is 14.0. The highest BCUT2D eigenvalue weighted by atomic mass is 32.2. The van der Waals surface area contributed by atoms with Gasteiger partial charge in [-0.15, -0.1) is 11.8 Å². The van der Waals surface area contributed by atoms with Gasteiger partial charge < -0.3 is 4.74 Å². The van der Waals surface area contributed by atoms with E-state index in [1.165, 1.54) is 23.8 Å². The number of methoxy groups -OCH3 is 1. The van der Waals surface area contributed by atoms with Crippen molar-refractivity contribution in [1.82, 2.24) is 0 Å². The van der Waals surface area contributed by atoms with E-state index < -0.39 is 0 Å². The topological polar surface area (TPSA) is 26.3 Å². The van der Waals surface area contributed by atoms with Crippen LogP contribution in [0.1, 0.15) is 27.0 Å². The first kappa shape index (κ1) is 14.7. The molecule has 0 unspecified atom stereocenters. The second-order valence-electron chi connectivity index (χ2n) is 4.71. The molecule has 2 nitrogen and oxygen atoms in total. The minimum atomic E-state index is -0.284. The molecule has 0 bridgehead atoms. The maximum absolute atomic E-state index is 11.7. The van der Waals surface area contributed by atoms with E-state index in [-0.39, 0.29) is 5.97 Å². The van der Waals surface area contributed by atoms with Crippen molar-refractivity contribution in [3.05, 3.63) is 64.7 Å². The van der Waals surface area contributed by atoms with Crippen molar-refractivity contribution >= 4 is 17.7 Å². The van der Waals surface area contributed by atoms with Crippen molar-refractivity contribution in [3.8, 4) is 0 Å². The molecule has 0 spiro atoms. The van der Waals surface area contributed by atoms with Gasteiger partial charge in [-0.3, -0.25) is 0 Å². The summed E-state index contributed by atoms with van der Waals surface area (Å²) in [5.74, 6) is 0.564. The number of carbonyl (C=O) groups excluding carboxylic acids is 1. The fourth-order valence-electron chi connectivity index (χ4n) is 2.03. The van der Waals surface area contributed by atoms with Crippen LogP contribution in [-0.4, -0.2) is 13.1 Å². The number of hydrogen-bond donors (Lipinski definition) is 0. The molecular formula is C17H18O2S. The molecule has 2 aromatic carbocycles. The molecule has 0 saturated carbocycles. The van der Waals surface area contributed by atoms with E-state index in [4.69, 9.17) is 4.74 Å². The molecular weight excluding hydrogens is 268 g/mol. The minimum Gasteiger partial charge on any atom is -0.465 e. The van der Waals surface area contributed by atoms with Gasteiger partial charge in [0.25, 0.3) is 0 Å². The number of rotatable bonds is 4. The van der Waals surface area contributed by atoms with Crippen molar-refractivity contribution < 1.29 is 9.53 Å². The van der Waals surface area contributed by atoms with Crippen LogP contribution in [0.4, 0.5) is 0 Å².